The third-order valence-electron chi connectivity index (χ3n) is 3.53. The van der Waals surface area contributed by atoms with Crippen molar-refractivity contribution in [1.82, 2.24) is 19.7 Å². The van der Waals surface area contributed by atoms with Gasteiger partial charge in [-0.25, -0.2) is 4.98 Å². The van der Waals surface area contributed by atoms with E-state index in [0.717, 1.165) is 40.4 Å². The number of benzene rings is 1. The zero-order valence-electron chi connectivity index (χ0n) is 12.5. The molecule has 0 spiro atoms. The highest BCUT2D eigenvalue weighted by Crippen LogP contribution is 2.27. The smallest absolute Gasteiger partial charge is 0.211 e. The molecule has 0 saturated heterocycles. The van der Waals surface area contributed by atoms with Crippen LogP contribution in [0.5, 0.6) is 0 Å². The van der Waals surface area contributed by atoms with Crippen molar-refractivity contribution in [3.8, 4) is 0 Å². The quantitative estimate of drug-likeness (QED) is 0.503. The molecule has 3 rings (SSSR count). The van der Waals surface area contributed by atoms with Gasteiger partial charge in [-0.1, -0.05) is 50.2 Å². The minimum atomic E-state index is 0.788. The lowest BCUT2D eigenvalue weighted by Crippen LogP contribution is -2.00. The molecule has 21 heavy (non-hydrogen) atoms. The molecule has 0 unspecified atom stereocenters. The lowest BCUT2D eigenvalue weighted by molar-refractivity contribution is 0.709. The van der Waals surface area contributed by atoms with E-state index >= 15 is 0 Å². The summed E-state index contributed by atoms with van der Waals surface area (Å²) in [6, 6.07) is 8.35. The van der Waals surface area contributed by atoms with Gasteiger partial charge in [0.2, 0.25) is 5.16 Å². The molecule has 0 N–H and O–H groups in total. The summed E-state index contributed by atoms with van der Waals surface area (Å²) in [5.74, 6) is 1.05. The number of hydrogen-bond acceptors (Lipinski definition) is 4. The van der Waals surface area contributed by atoms with E-state index in [1.165, 1.54) is 18.4 Å². The third kappa shape index (κ3) is 2.75. The summed E-state index contributed by atoms with van der Waals surface area (Å²) < 4.78 is 2.27. The fourth-order valence-corrected chi connectivity index (χ4v) is 3.37. The second-order valence-corrected chi connectivity index (χ2v) is 6.20. The summed E-state index contributed by atoms with van der Waals surface area (Å²) in [6.45, 7) is 5.34. The van der Waals surface area contributed by atoms with Crippen LogP contribution in [0.15, 0.2) is 29.4 Å². The van der Waals surface area contributed by atoms with Crippen molar-refractivity contribution in [3.05, 3.63) is 24.3 Å². The molecule has 4 nitrogen and oxygen atoms in total. The van der Waals surface area contributed by atoms with Gasteiger partial charge in [0.25, 0.3) is 0 Å². The van der Waals surface area contributed by atoms with Crippen LogP contribution < -0.4 is 0 Å². The number of hydrogen-bond donors (Lipinski definition) is 0. The van der Waals surface area contributed by atoms with Crippen molar-refractivity contribution in [2.75, 3.05) is 5.75 Å². The largest absolute Gasteiger partial charge is 0.324 e. The molecule has 110 valence electrons. The summed E-state index contributed by atoms with van der Waals surface area (Å²) in [5, 5.41) is 10.7. The Labute approximate surface area is 129 Å². The van der Waals surface area contributed by atoms with E-state index in [9.17, 15) is 0 Å². The van der Waals surface area contributed by atoms with Crippen LogP contribution >= 0.6 is 11.8 Å². The highest BCUT2D eigenvalue weighted by molar-refractivity contribution is 7.99. The van der Waals surface area contributed by atoms with Crippen LogP contribution in [0.4, 0.5) is 0 Å². The minimum absolute atomic E-state index is 0.788. The molecule has 2 aromatic heterocycles. The molecule has 0 aliphatic heterocycles. The van der Waals surface area contributed by atoms with Crippen LogP contribution in [0, 0.1) is 0 Å². The molecule has 3 aromatic rings. The molecule has 0 atom stereocenters. The van der Waals surface area contributed by atoms with Crippen LogP contribution in [-0.4, -0.2) is 25.5 Å². The van der Waals surface area contributed by atoms with Crippen molar-refractivity contribution < 1.29 is 0 Å². The molecular formula is C16H20N4S. The molecule has 2 heterocycles. The van der Waals surface area contributed by atoms with E-state index in [1.54, 1.807) is 11.8 Å². The van der Waals surface area contributed by atoms with Gasteiger partial charge in [0.15, 0.2) is 5.65 Å². The first-order chi connectivity index (χ1) is 10.3. The van der Waals surface area contributed by atoms with Crippen LogP contribution in [-0.2, 0) is 6.54 Å². The van der Waals surface area contributed by atoms with E-state index < -0.39 is 0 Å². The number of aryl methyl sites for hydroxylation is 1. The van der Waals surface area contributed by atoms with Crippen molar-refractivity contribution in [1.29, 1.82) is 0 Å². The predicted molar refractivity (Wildman–Crippen MR) is 88.8 cm³/mol. The Morgan fingerprint density at radius 1 is 1.10 bits per heavy atom. The van der Waals surface area contributed by atoms with Crippen molar-refractivity contribution in [2.45, 2.75) is 44.8 Å². The van der Waals surface area contributed by atoms with E-state index in [0.29, 0.717) is 0 Å². The molecule has 0 aliphatic carbocycles. The molecule has 0 aliphatic rings. The van der Waals surface area contributed by atoms with Gasteiger partial charge in [-0.3, -0.25) is 0 Å². The van der Waals surface area contributed by atoms with E-state index in [2.05, 4.69) is 46.8 Å². The zero-order valence-corrected chi connectivity index (χ0v) is 13.4. The Kier molecular flexibility index (Phi) is 4.39. The molecule has 0 saturated carbocycles. The van der Waals surface area contributed by atoms with Crippen LogP contribution in [0.3, 0.4) is 0 Å². The van der Waals surface area contributed by atoms with E-state index in [1.807, 2.05) is 6.07 Å². The number of fused-ring (bicyclic) bond motifs is 3. The highest BCUT2D eigenvalue weighted by Gasteiger charge is 2.13. The van der Waals surface area contributed by atoms with E-state index in [-0.39, 0.29) is 0 Å². The first-order valence-corrected chi connectivity index (χ1v) is 8.58. The van der Waals surface area contributed by atoms with Crippen LogP contribution in [0.25, 0.3) is 22.1 Å². The first-order valence-electron chi connectivity index (χ1n) is 7.59. The normalized spacial score (nSPS) is 11.5. The predicted octanol–water partition coefficient (Wildman–Crippen LogP) is 4.28. The lowest BCUT2D eigenvalue weighted by Gasteiger charge is -2.04. The Hall–Kier alpha value is -1.62. The number of para-hydroxylation sites is 1. The minimum Gasteiger partial charge on any atom is -0.324 e. The Bertz CT molecular complexity index is 750. The number of thioether (sulfide) groups is 1. The number of unbranched alkanes of at least 4 members (excludes halogenated alkanes) is 1. The van der Waals surface area contributed by atoms with Gasteiger partial charge in [0, 0.05) is 17.7 Å². The standard InChI is InChI=1S/C16H20N4S/c1-3-5-11-21-16-17-15-14(18-19-16)12-8-6-7-9-13(12)20(15)10-4-2/h6-9H,3-5,10-11H2,1-2H3. The molecule has 1 aromatic carbocycles. The van der Waals surface area contributed by atoms with Gasteiger partial charge in [-0.05, 0) is 18.9 Å². The summed E-state index contributed by atoms with van der Waals surface area (Å²) in [6.07, 6.45) is 3.46. The third-order valence-corrected chi connectivity index (χ3v) is 4.45. The Morgan fingerprint density at radius 3 is 2.76 bits per heavy atom. The van der Waals surface area contributed by atoms with Gasteiger partial charge < -0.3 is 4.57 Å². The van der Waals surface area contributed by atoms with Gasteiger partial charge in [0.1, 0.15) is 5.52 Å². The fourth-order valence-electron chi connectivity index (χ4n) is 2.51. The molecule has 5 heteroatoms. The maximum atomic E-state index is 4.76. The fraction of sp³-hybridized carbons (Fsp3) is 0.438. The SMILES string of the molecule is CCCCSc1nnc2c3ccccc3n(CCC)c2n1. The van der Waals surface area contributed by atoms with Gasteiger partial charge in [0.05, 0.1) is 5.52 Å². The van der Waals surface area contributed by atoms with Crippen LogP contribution in [0.2, 0.25) is 0 Å². The summed E-state index contributed by atoms with van der Waals surface area (Å²) in [4.78, 5) is 4.76. The lowest BCUT2D eigenvalue weighted by atomic mass is 10.2. The van der Waals surface area contributed by atoms with Gasteiger partial charge >= 0.3 is 0 Å². The molecular weight excluding hydrogens is 280 g/mol. The average Bonchev–Trinajstić information content (AvgIpc) is 2.82. The van der Waals surface area contributed by atoms with Crippen LogP contribution in [0.1, 0.15) is 33.1 Å². The second-order valence-electron chi connectivity index (χ2n) is 5.14. The van der Waals surface area contributed by atoms with Crippen molar-refractivity contribution in [3.63, 3.8) is 0 Å². The molecule has 0 amide bonds. The van der Waals surface area contributed by atoms with Crippen molar-refractivity contribution >= 4 is 33.8 Å². The molecule has 0 fully saturated rings. The number of nitrogens with zero attached hydrogens (tertiary/aromatic N) is 4. The monoisotopic (exact) mass is 300 g/mol. The topological polar surface area (TPSA) is 43.6 Å². The second kappa shape index (κ2) is 6.43. The summed E-state index contributed by atoms with van der Waals surface area (Å²) in [5.41, 5.74) is 3.08. The molecule has 0 bridgehead atoms. The zero-order chi connectivity index (χ0) is 14.7. The highest BCUT2D eigenvalue weighted by atomic mass is 32.2. The Balaban J connectivity index is 2.10. The maximum Gasteiger partial charge on any atom is 0.211 e. The number of aromatic nitrogens is 4. The molecule has 0 radical (unpaired) electrons. The van der Waals surface area contributed by atoms with Crippen molar-refractivity contribution in [2.24, 2.45) is 0 Å². The average molecular weight is 300 g/mol. The van der Waals surface area contributed by atoms with Gasteiger partial charge in [-0.15, -0.1) is 10.2 Å². The Morgan fingerprint density at radius 2 is 1.95 bits per heavy atom. The maximum absolute atomic E-state index is 4.76. The number of rotatable bonds is 6. The first kappa shape index (κ1) is 14.3. The van der Waals surface area contributed by atoms with E-state index in [4.69, 9.17) is 4.98 Å². The van der Waals surface area contributed by atoms with Gasteiger partial charge in [-0.2, -0.15) is 0 Å². The summed E-state index contributed by atoms with van der Waals surface area (Å²) in [7, 11) is 0. The summed E-state index contributed by atoms with van der Waals surface area (Å²) >= 11 is 1.70.